The van der Waals surface area contributed by atoms with E-state index in [1.54, 1.807) is 12.4 Å². The lowest BCUT2D eigenvalue weighted by atomic mass is 10.1. The molecule has 1 heterocycles. The minimum atomic E-state index is -0.127. The maximum absolute atomic E-state index is 12.0. The second-order valence-corrected chi connectivity index (χ2v) is 4.64. The van der Waals surface area contributed by atoms with E-state index in [9.17, 15) is 4.79 Å². The fraction of sp³-hybridized carbons (Fsp3) is 0.176. The van der Waals surface area contributed by atoms with Crippen molar-refractivity contribution in [3.63, 3.8) is 0 Å². The van der Waals surface area contributed by atoms with Gasteiger partial charge in [-0.15, -0.1) is 0 Å². The molecule has 0 radical (unpaired) electrons. The molecule has 0 aliphatic rings. The fourth-order valence-corrected chi connectivity index (χ4v) is 1.82. The van der Waals surface area contributed by atoms with Crippen LogP contribution in [-0.4, -0.2) is 17.4 Å². The number of nitrogens with zero attached hydrogens (tertiary/aromatic N) is 1. The third-order valence-electron chi connectivity index (χ3n) is 2.88. The minimum absolute atomic E-state index is 0.127. The molecular formula is C17H17N3O. The van der Waals surface area contributed by atoms with Crippen molar-refractivity contribution >= 4 is 5.91 Å². The number of aromatic nitrogens is 1. The van der Waals surface area contributed by atoms with E-state index in [1.165, 1.54) is 0 Å². The molecule has 0 saturated carbocycles. The second-order valence-electron chi connectivity index (χ2n) is 4.64. The highest BCUT2D eigenvalue weighted by atomic mass is 16.1. The third kappa shape index (κ3) is 4.44. The highest BCUT2D eigenvalue weighted by Gasteiger charge is 2.05. The molecule has 2 rings (SSSR count). The Kier molecular flexibility index (Phi) is 5.08. The van der Waals surface area contributed by atoms with Gasteiger partial charge in [-0.2, -0.15) is 0 Å². The number of nitrogens with one attached hydrogen (secondary N) is 1. The first-order valence-corrected chi connectivity index (χ1v) is 6.67. The number of pyridine rings is 1. The van der Waals surface area contributed by atoms with Crippen LogP contribution in [0.15, 0.2) is 42.7 Å². The third-order valence-corrected chi connectivity index (χ3v) is 2.88. The summed E-state index contributed by atoms with van der Waals surface area (Å²) in [6.07, 6.45) is 3.28. The normalized spacial score (nSPS) is 9.62. The van der Waals surface area contributed by atoms with Gasteiger partial charge in [0, 0.05) is 24.5 Å². The van der Waals surface area contributed by atoms with Crippen LogP contribution in [0.4, 0.5) is 0 Å². The molecule has 0 fully saturated rings. The molecule has 3 N–H and O–H groups in total. The van der Waals surface area contributed by atoms with Crippen LogP contribution in [0.2, 0.25) is 0 Å². The summed E-state index contributed by atoms with van der Waals surface area (Å²) in [5, 5.41) is 2.87. The Morgan fingerprint density at radius 3 is 2.71 bits per heavy atom. The van der Waals surface area contributed by atoms with Gasteiger partial charge in [0.25, 0.3) is 5.91 Å². The summed E-state index contributed by atoms with van der Waals surface area (Å²) in [5.41, 5.74) is 8.79. The summed E-state index contributed by atoms with van der Waals surface area (Å²) in [6, 6.07) is 9.52. The lowest BCUT2D eigenvalue weighted by Gasteiger charge is -2.06. The van der Waals surface area contributed by atoms with E-state index in [0.717, 1.165) is 16.7 Å². The largest absolute Gasteiger partial charge is 0.348 e. The maximum Gasteiger partial charge on any atom is 0.253 e. The zero-order valence-corrected chi connectivity index (χ0v) is 11.9. The minimum Gasteiger partial charge on any atom is -0.348 e. The number of hydrogen-bond acceptors (Lipinski definition) is 3. The van der Waals surface area contributed by atoms with Gasteiger partial charge >= 0.3 is 0 Å². The van der Waals surface area contributed by atoms with E-state index in [4.69, 9.17) is 5.73 Å². The summed E-state index contributed by atoms with van der Waals surface area (Å²) in [5.74, 6) is 5.63. The second kappa shape index (κ2) is 7.22. The summed E-state index contributed by atoms with van der Waals surface area (Å²) in [4.78, 5) is 16.0. The first-order chi connectivity index (χ1) is 10.2. The molecule has 0 aliphatic heterocycles. The van der Waals surface area contributed by atoms with Crippen molar-refractivity contribution in [2.45, 2.75) is 13.5 Å². The number of rotatable bonds is 3. The van der Waals surface area contributed by atoms with Crippen molar-refractivity contribution in [1.82, 2.24) is 10.3 Å². The molecule has 1 aromatic carbocycles. The summed E-state index contributed by atoms with van der Waals surface area (Å²) < 4.78 is 0. The number of hydrogen-bond donors (Lipinski definition) is 2. The molecule has 4 nitrogen and oxygen atoms in total. The number of aryl methyl sites for hydroxylation is 1. The van der Waals surface area contributed by atoms with Gasteiger partial charge in [0.1, 0.15) is 0 Å². The zero-order valence-electron chi connectivity index (χ0n) is 11.9. The molecule has 1 amide bonds. The summed E-state index contributed by atoms with van der Waals surface area (Å²) in [7, 11) is 0. The number of nitrogens with two attached hydrogens (primary N) is 1. The molecule has 106 valence electrons. The smallest absolute Gasteiger partial charge is 0.253 e. The fourth-order valence-electron chi connectivity index (χ4n) is 1.82. The van der Waals surface area contributed by atoms with Crippen molar-refractivity contribution < 1.29 is 4.79 Å². The average molecular weight is 279 g/mol. The van der Waals surface area contributed by atoms with Crippen LogP contribution in [0.1, 0.15) is 27.0 Å². The molecule has 2 aromatic rings. The monoisotopic (exact) mass is 279 g/mol. The predicted molar refractivity (Wildman–Crippen MR) is 82.5 cm³/mol. The Morgan fingerprint density at radius 1 is 1.29 bits per heavy atom. The van der Waals surface area contributed by atoms with E-state index in [0.29, 0.717) is 18.7 Å². The predicted octanol–water partition coefficient (Wildman–Crippen LogP) is 1.63. The molecule has 1 aromatic heterocycles. The molecule has 0 atom stereocenters. The quantitative estimate of drug-likeness (QED) is 0.839. The van der Waals surface area contributed by atoms with Crippen LogP contribution in [-0.2, 0) is 6.54 Å². The van der Waals surface area contributed by atoms with Gasteiger partial charge in [0.15, 0.2) is 0 Å². The SMILES string of the molecule is Cc1cncc(C(=O)NCc2ccc(C#CCN)cc2)c1. The highest BCUT2D eigenvalue weighted by Crippen LogP contribution is 2.05. The lowest BCUT2D eigenvalue weighted by molar-refractivity contribution is 0.0950. The maximum atomic E-state index is 12.0. The van der Waals surface area contributed by atoms with Crippen LogP contribution in [0, 0.1) is 18.8 Å². The Bertz CT molecular complexity index is 681. The van der Waals surface area contributed by atoms with Gasteiger partial charge < -0.3 is 11.1 Å². The topological polar surface area (TPSA) is 68.0 Å². The average Bonchev–Trinajstić information content (AvgIpc) is 2.51. The van der Waals surface area contributed by atoms with Gasteiger partial charge in [-0.25, -0.2) is 0 Å². The molecular weight excluding hydrogens is 262 g/mol. The van der Waals surface area contributed by atoms with E-state index in [1.807, 2.05) is 37.3 Å². The standard InChI is InChI=1S/C17H17N3O/c1-13-9-16(12-19-10-13)17(21)20-11-15-6-4-14(5-7-15)3-2-8-18/h4-7,9-10,12H,8,11,18H2,1H3,(H,20,21). The zero-order chi connectivity index (χ0) is 15.1. The van der Waals surface area contributed by atoms with Gasteiger partial charge in [0.05, 0.1) is 12.1 Å². The molecule has 4 heteroatoms. The van der Waals surface area contributed by atoms with E-state index in [-0.39, 0.29) is 5.91 Å². The molecule has 0 spiro atoms. The number of benzene rings is 1. The van der Waals surface area contributed by atoms with Gasteiger partial charge in [-0.3, -0.25) is 9.78 Å². The summed E-state index contributed by atoms with van der Waals surface area (Å²) in [6.45, 7) is 2.73. The van der Waals surface area contributed by atoms with Gasteiger partial charge in [0.2, 0.25) is 0 Å². The summed E-state index contributed by atoms with van der Waals surface area (Å²) >= 11 is 0. The molecule has 21 heavy (non-hydrogen) atoms. The first kappa shape index (κ1) is 14.8. The Morgan fingerprint density at radius 2 is 2.05 bits per heavy atom. The molecule has 0 bridgehead atoms. The van der Waals surface area contributed by atoms with Crippen LogP contribution in [0.5, 0.6) is 0 Å². The molecule has 0 saturated heterocycles. The highest BCUT2D eigenvalue weighted by molar-refractivity contribution is 5.93. The number of amides is 1. The van der Waals surface area contributed by atoms with Crippen LogP contribution in [0.25, 0.3) is 0 Å². The molecule has 0 unspecified atom stereocenters. The number of carbonyl (C=O) groups excluding carboxylic acids is 1. The number of carbonyl (C=O) groups is 1. The van der Waals surface area contributed by atoms with Gasteiger partial charge in [-0.1, -0.05) is 24.0 Å². The van der Waals surface area contributed by atoms with E-state index >= 15 is 0 Å². The van der Waals surface area contributed by atoms with Crippen molar-refractivity contribution in [3.8, 4) is 11.8 Å². The van der Waals surface area contributed by atoms with Crippen molar-refractivity contribution in [1.29, 1.82) is 0 Å². The van der Waals surface area contributed by atoms with Crippen molar-refractivity contribution in [3.05, 3.63) is 65.0 Å². The van der Waals surface area contributed by atoms with Crippen molar-refractivity contribution in [2.24, 2.45) is 5.73 Å². The van der Waals surface area contributed by atoms with Crippen LogP contribution >= 0.6 is 0 Å². The molecule has 0 aliphatic carbocycles. The van der Waals surface area contributed by atoms with E-state index < -0.39 is 0 Å². The van der Waals surface area contributed by atoms with Gasteiger partial charge in [-0.05, 0) is 36.2 Å². The lowest BCUT2D eigenvalue weighted by Crippen LogP contribution is -2.22. The van der Waals surface area contributed by atoms with Crippen LogP contribution < -0.4 is 11.1 Å². The van der Waals surface area contributed by atoms with Crippen LogP contribution in [0.3, 0.4) is 0 Å². The first-order valence-electron chi connectivity index (χ1n) is 6.67. The Balaban J connectivity index is 1.95. The van der Waals surface area contributed by atoms with E-state index in [2.05, 4.69) is 22.1 Å². The van der Waals surface area contributed by atoms with Crippen molar-refractivity contribution in [2.75, 3.05) is 6.54 Å². The Labute approximate surface area is 124 Å². The Hall–Kier alpha value is -2.64.